The predicted octanol–water partition coefficient (Wildman–Crippen LogP) is 4.75. The number of hydrogen-bond acceptors (Lipinski definition) is 4. The first kappa shape index (κ1) is 19.1. The maximum atomic E-state index is 12.3. The molecular formula is C20H14ClN3O4. The van der Waals surface area contributed by atoms with Crippen molar-refractivity contribution in [1.82, 2.24) is 0 Å². The van der Waals surface area contributed by atoms with Gasteiger partial charge in [0.05, 0.1) is 15.5 Å². The fourth-order valence-corrected chi connectivity index (χ4v) is 2.68. The fraction of sp³-hybridized carbons (Fsp3) is 0. The van der Waals surface area contributed by atoms with E-state index in [4.69, 9.17) is 11.6 Å². The van der Waals surface area contributed by atoms with E-state index in [-0.39, 0.29) is 17.2 Å². The molecule has 0 bridgehead atoms. The summed E-state index contributed by atoms with van der Waals surface area (Å²) in [4.78, 5) is 34.8. The largest absolute Gasteiger partial charge is 0.322 e. The molecule has 0 aliphatic carbocycles. The van der Waals surface area contributed by atoms with E-state index in [1.807, 2.05) is 0 Å². The zero-order valence-electron chi connectivity index (χ0n) is 14.4. The second kappa shape index (κ2) is 8.32. The lowest BCUT2D eigenvalue weighted by Crippen LogP contribution is -2.14. The molecule has 0 saturated heterocycles. The molecule has 2 amide bonds. The number of anilines is 2. The molecule has 0 unspecified atom stereocenters. The Bertz CT molecular complexity index is 1050. The van der Waals surface area contributed by atoms with Gasteiger partial charge in [0.1, 0.15) is 0 Å². The topological polar surface area (TPSA) is 101 Å². The molecule has 0 aliphatic rings. The van der Waals surface area contributed by atoms with Crippen molar-refractivity contribution in [2.75, 3.05) is 10.6 Å². The zero-order chi connectivity index (χ0) is 20.1. The lowest BCUT2D eigenvalue weighted by molar-refractivity contribution is -0.384. The van der Waals surface area contributed by atoms with Crippen LogP contribution in [0.1, 0.15) is 20.7 Å². The Morgan fingerprint density at radius 1 is 0.821 bits per heavy atom. The van der Waals surface area contributed by atoms with E-state index in [0.29, 0.717) is 22.0 Å². The molecule has 2 N–H and O–H groups in total. The lowest BCUT2D eigenvalue weighted by Gasteiger charge is -2.10. The second-order valence-electron chi connectivity index (χ2n) is 5.77. The summed E-state index contributed by atoms with van der Waals surface area (Å²) in [5.41, 5.74) is 1.45. The number of carbonyl (C=O) groups excluding carboxylic acids is 2. The van der Waals surface area contributed by atoms with Gasteiger partial charge in [-0.05, 0) is 42.5 Å². The van der Waals surface area contributed by atoms with Crippen LogP contribution < -0.4 is 10.6 Å². The van der Waals surface area contributed by atoms with Crippen molar-refractivity contribution < 1.29 is 14.5 Å². The van der Waals surface area contributed by atoms with E-state index >= 15 is 0 Å². The Morgan fingerprint density at radius 3 is 2.04 bits per heavy atom. The SMILES string of the molecule is O=C(Nc1cccc(NC(=O)c2ccccc2Cl)c1)c1ccc([N+](=O)[O-])cc1. The summed E-state index contributed by atoms with van der Waals surface area (Å²) >= 11 is 6.02. The third-order valence-corrected chi connectivity index (χ3v) is 4.17. The number of benzene rings is 3. The summed E-state index contributed by atoms with van der Waals surface area (Å²) in [6.45, 7) is 0. The van der Waals surface area contributed by atoms with Crippen LogP contribution in [-0.4, -0.2) is 16.7 Å². The van der Waals surface area contributed by atoms with Crippen LogP contribution in [0.25, 0.3) is 0 Å². The molecule has 28 heavy (non-hydrogen) atoms. The highest BCUT2D eigenvalue weighted by Crippen LogP contribution is 2.20. The molecule has 0 fully saturated rings. The van der Waals surface area contributed by atoms with Crippen molar-refractivity contribution in [3.63, 3.8) is 0 Å². The van der Waals surface area contributed by atoms with Gasteiger partial charge in [0.2, 0.25) is 0 Å². The van der Waals surface area contributed by atoms with Gasteiger partial charge < -0.3 is 10.6 Å². The van der Waals surface area contributed by atoms with Crippen LogP contribution in [0.3, 0.4) is 0 Å². The highest BCUT2D eigenvalue weighted by Gasteiger charge is 2.12. The van der Waals surface area contributed by atoms with Gasteiger partial charge in [0, 0.05) is 29.1 Å². The van der Waals surface area contributed by atoms with Gasteiger partial charge in [0.15, 0.2) is 0 Å². The third-order valence-electron chi connectivity index (χ3n) is 3.84. The van der Waals surface area contributed by atoms with Crippen molar-refractivity contribution in [1.29, 1.82) is 0 Å². The van der Waals surface area contributed by atoms with E-state index < -0.39 is 10.8 Å². The smallest absolute Gasteiger partial charge is 0.269 e. The number of nitrogens with one attached hydrogen (secondary N) is 2. The molecule has 3 aromatic rings. The maximum absolute atomic E-state index is 12.3. The Morgan fingerprint density at radius 2 is 1.43 bits per heavy atom. The molecule has 0 aromatic heterocycles. The first-order valence-electron chi connectivity index (χ1n) is 8.16. The van der Waals surface area contributed by atoms with Gasteiger partial charge in [-0.3, -0.25) is 19.7 Å². The number of non-ortho nitro benzene ring substituents is 1. The number of rotatable bonds is 5. The number of amides is 2. The zero-order valence-corrected chi connectivity index (χ0v) is 15.1. The number of nitro benzene ring substituents is 1. The molecule has 7 nitrogen and oxygen atoms in total. The summed E-state index contributed by atoms with van der Waals surface area (Å²) in [5.74, 6) is -0.797. The summed E-state index contributed by atoms with van der Waals surface area (Å²) in [7, 11) is 0. The monoisotopic (exact) mass is 395 g/mol. The van der Waals surface area contributed by atoms with Gasteiger partial charge in [-0.2, -0.15) is 0 Å². The first-order valence-corrected chi connectivity index (χ1v) is 8.53. The minimum Gasteiger partial charge on any atom is -0.322 e. The molecule has 8 heteroatoms. The molecule has 0 atom stereocenters. The molecule has 0 heterocycles. The number of halogens is 1. The Labute approximate surface area is 165 Å². The van der Waals surface area contributed by atoms with Gasteiger partial charge in [-0.1, -0.05) is 29.8 Å². The third kappa shape index (κ3) is 4.52. The normalized spacial score (nSPS) is 10.2. The van der Waals surface area contributed by atoms with E-state index in [1.165, 1.54) is 24.3 Å². The number of nitro groups is 1. The summed E-state index contributed by atoms with van der Waals surface area (Å²) in [5, 5.41) is 16.4. The molecule has 0 saturated carbocycles. The second-order valence-corrected chi connectivity index (χ2v) is 6.18. The van der Waals surface area contributed by atoms with E-state index in [0.717, 1.165) is 0 Å². The Balaban J connectivity index is 1.71. The lowest BCUT2D eigenvalue weighted by atomic mass is 10.2. The van der Waals surface area contributed by atoms with Gasteiger partial charge in [-0.25, -0.2) is 0 Å². The Hall–Kier alpha value is -3.71. The van der Waals surface area contributed by atoms with Crippen LogP contribution in [0.4, 0.5) is 17.1 Å². The first-order chi connectivity index (χ1) is 13.4. The van der Waals surface area contributed by atoms with E-state index in [1.54, 1.807) is 48.5 Å². The van der Waals surface area contributed by atoms with Crippen LogP contribution >= 0.6 is 11.6 Å². The van der Waals surface area contributed by atoms with Crippen molar-refractivity contribution in [2.45, 2.75) is 0 Å². The minimum atomic E-state index is -0.535. The fourth-order valence-electron chi connectivity index (χ4n) is 2.46. The molecule has 0 spiro atoms. The van der Waals surface area contributed by atoms with E-state index in [2.05, 4.69) is 10.6 Å². The maximum Gasteiger partial charge on any atom is 0.269 e. The van der Waals surface area contributed by atoms with Crippen molar-refractivity contribution >= 4 is 40.5 Å². The van der Waals surface area contributed by atoms with Crippen molar-refractivity contribution in [3.8, 4) is 0 Å². The van der Waals surface area contributed by atoms with Crippen molar-refractivity contribution in [3.05, 3.63) is 99.1 Å². The molecular weight excluding hydrogens is 382 g/mol. The standard InChI is InChI=1S/C20H14ClN3O4/c21-18-7-2-1-6-17(18)20(26)23-15-5-3-4-14(12-15)22-19(25)13-8-10-16(11-9-13)24(27)28/h1-12H,(H,22,25)(H,23,26). The molecule has 3 rings (SSSR count). The van der Waals surface area contributed by atoms with Gasteiger partial charge in [0.25, 0.3) is 17.5 Å². The predicted molar refractivity (Wildman–Crippen MR) is 107 cm³/mol. The highest BCUT2D eigenvalue weighted by atomic mass is 35.5. The average molecular weight is 396 g/mol. The molecule has 0 radical (unpaired) electrons. The summed E-state index contributed by atoms with van der Waals surface area (Å²) < 4.78 is 0. The van der Waals surface area contributed by atoms with Crippen LogP contribution in [-0.2, 0) is 0 Å². The molecule has 0 aliphatic heterocycles. The summed E-state index contributed by atoms with van der Waals surface area (Å²) in [6.07, 6.45) is 0. The van der Waals surface area contributed by atoms with Crippen LogP contribution in [0, 0.1) is 10.1 Å². The van der Waals surface area contributed by atoms with Gasteiger partial charge >= 0.3 is 0 Å². The van der Waals surface area contributed by atoms with Crippen molar-refractivity contribution in [2.24, 2.45) is 0 Å². The quantitative estimate of drug-likeness (QED) is 0.480. The molecule has 3 aromatic carbocycles. The van der Waals surface area contributed by atoms with Crippen LogP contribution in [0.2, 0.25) is 5.02 Å². The number of carbonyl (C=O) groups is 2. The summed E-state index contributed by atoms with van der Waals surface area (Å²) in [6, 6.07) is 18.5. The Kier molecular flexibility index (Phi) is 5.67. The van der Waals surface area contributed by atoms with Crippen LogP contribution in [0.15, 0.2) is 72.8 Å². The van der Waals surface area contributed by atoms with Crippen LogP contribution in [0.5, 0.6) is 0 Å². The number of hydrogen-bond donors (Lipinski definition) is 2. The average Bonchev–Trinajstić information content (AvgIpc) is 2.68. The van der Waals surface area contributed by atoms with Gasteiger partial charge in [-0.15, -0.1) is 0 Å². The van der Waals surface area contributed by atoms with E-state index in [9.17, 15) is 19.7 Å². The molecule has 140 valence electrons. The minimum absolute atomic E-state index is 0.0965. The number of nitrogens with zero attached hydrogens (tertiary/aromatic N) is 1. The highest BCUT2D eigenvalue weighted by molar-refractivity contribution is 6.34.